The first-order chi connectivity index (χ1) is 12.6. The number of hydrogen-bond acceptors (Lipinski definition) is 5. The van der Waals surface area contributed by atoms with Gasteiger partial charge in [-0.1, -0.05) is 28.9 Å². The van der Waals surface area contributed by atoms with Crippen molar-refractivity contribution in [3.05, 3.63) is 34.9 Å². The van der Waals surface area contributed by atoms with E-state index in [1.807, 2.05) is 12.1 Å². The SMILES string of the molecule is O=C(CCNC(=O)[C@@H]1CC(c2ccc(Cl)cc2)=NO1)NC[C@H]1CCCO1. The van der Waals surface area contributed by atoms with Crippen LogP contribution in [0.3, 0.4) is 0 Å². The molecule has 1 saturated heterocycles. The van der Waals surface area contributed by atoms with Gasteiger partial charge < -0.3 is 20.2 Å². The Morgan fingerprint density at radius 2 is 2.04 bits per heavy atom. The zero-order valence-electron chi connectivity index (χ0n) is 14.4. The molecule has 0 bridgehead atoms. The molecule has 1 aromatic rings. The van der Waals surface area contributed by atoms with Gasteiger partial charge in [0.15, 0.2) is 0 Å². The number of amides is 2. The van der Waals surface area contributed by atoms with Crippen LogP contribution >= 0.6 is 11.6 Å². The third-order valence-electron chi connectivity index (χ3n) is 4.34. The average Bonchev–Trinajstić information content (AvgIpc) is 3.32. The summed E-state index contributed by atoms with van der Waals surface area (Å²) < 4.78 is 5.45. The van der Waals surface area contributed by atoms with E-state index in [1.54, 1.807) is 12.1 Å². The molecule has 2 N–H and O–H groups in total. The molecule has 2 atom stereocenters. The van der Waals surface area contributed by atoms with Crippen LogP contribution < -0.4 is 10.6 Å². The lowest BCUT2D eigenvalue weighted by Gasteiger charge is -2.12. The lowest BCUT2D eigenvalue weighted by molar-refractivity contribution is -0.131. The van der Waals surface area contributed by atoms with Crippen molar-refractivity contribution in [3.63, 3.8) is 0 Å². The molecule has 140 valence electrons. The number of oxime groups is 1. The Hall–Kier alpha value is -2.12. The molecular weight excluding hydrogens is 358 g/mol. The van der Waals surface area contributed by atoms with E-state index in [2.05, 4.69) is 15.8 Å². The number of halogens is 1. The Bertz CT molecular complexity index is 672. The lowest BCUT2D eigenvalue weighted by Crippen LogP contribution is -2.38. The normalized spacial score (nSPS) is 21.8. The minimum absolute atomic E-state index is 0.105. The molecule has 7 nitrogen and oxygen atoms in total. The second-order valence-electron chi connectivity index (χ2n) is 6.32. The van der Waals surface area contributed by atoms with E-state index in [-0.39, 0.29) is 30.9 Å². The van der Waals surface area contributed by atoms with Crippen LogP contribution in [0.25, 0.3) is 0 Å². The summed E-state index contributed by atoms with van der Waals surface area (Å²) in [6, 6.07) is 7.20. The Kier molecular flexibility index (Phi) is 6.46. The number of carbonyl (C=O) groups is 2. The van der Waals surface area contributed by atoms with Gasteiger partial charge in [-0.05, 0) is 30.5 Å². The molecule has 0 radical (unpaired) electrons. The van der Waals surface area contributed by atoms with Crippen molar-refractivity contribution in [3.8, 4) is 0 Å². The van der Waals surface area contributed by atoms with Gasteiger partial charge in [-0.15, -0.1) is 0 Å². The highest BCUT2D eigenvalue weighted by Crippen LogP contribution is 2.18. The standard InChI is InChI=1S/C18H22ClN3O4/c19-13-5-3-12(4-6-13)15-10-16(26-22-15)18(24)20-8-7-17(23)21-11-14-2-1-9-25-14/h3-6,14,16H,1-2,7-11H2,(H,20,24)(H,21,23)/t14-,16+/m1/s1. The third-order valence-corrected chi connectivity index (χ3v) is 4.59. The van der Waals surface area contributed by atoms with Crippen LogP contribution in [0.2, 0.25) is 5.02 Å². The highest BCUT2D eigenvalue weighted by molar-refractivity contribution is 6.30. The van der Waals surface area contributed by atoms with E-state index in [0.29, 0.717) is 23.7 Å². The minimum atomic E-state index is -0.671. The van der Waals surface area contributed by atoms with Crippen LogP contribution in [0.5, 0.6) is 0 Å². The fourth-order valence-corrected chi connectivity index (χ4v) is 2.99. The molecule has 0 spiro atoms. The number of nitrogens with one attached hydrogen (secondary N) is 2. The van der Waals surface area contributed by atoms with Gasteiger partial charge in [-0.2, -0.15) is 0 Å². The summed E-state index contributed by atoms with van der Waals surface area (Å²) in [6.07, 6.45) is 2.07. The van der Waals surface area contributed by atoms with E-state index < -0.39 is 6.10 Å². The summed E-state index contributed by atoms with van der Waals surface area (Å²) in [7, 11) is 0. The summed E-state index contributed by atoms with van der Waals surface area (Å²) in [5.74, 6) is -0.379. The zero-order chi connectivity index (χ0) is 18.4. The number of nitrogens with zero attached hydrogens (tertiary/aromatic N) is 1. The van der Waals surface area contributed by atoms with Gasteiger partial charge in [0.25, 0.3) is 5.91 Å². The van der Waals surface area contributed by atoms with Crippen molar-refractivity contribution >= 4 is 29.1 Å². The van der Waals surface area contributed by atoms with Crippen LogP contribution in [-0.2, 0) is 19.2 Å². The molecule has 0 aromatic heterocycles. The van der Waals surface area contributed by atoms with Crippen LogP contribution in [-0.4, -0.2) is 49.4 Å². The molecule has 2 heterocycles. The molecule has 0 aliphatic carbocycles. The Morgan fingerprint density at radius 1 is 1.23 bits per heavy atom. The fraction of sp³-hybridized carbons (Fsp3) is 0.500. The zero-order valence-corrected chi connectivity index (χ0v) is 15.1. The van der Waals surface area contributed by atoms with E-state index >= 15 is 0 Å². The van der Waals surface area contributed by atoms with Crippen LogP contribution in [0, 0.1) is 0 Å². The molecule has 0 saturated carbocycles. The Morgan fingerprint density at radius 3 is 2.77 bits per heavy atom. The molecule has 2 amide bonds. The highest BCUT2D eigenvalue weighted by atomic mass is 35.5. The Labute approximate surface area is 157 Å². The maximum atomic E-state index is 12.1. The van der Waals surface area contributed by atoms with Gasteiger partial charge in [0.2, 0.25) is 12.0 Å². The van der Waals surface area contributed by atoms with E-state index in [0.717, 1.165) is 25.0 Å². The maximum Gasteiger partial charge on any atom is 0.264 e. The predicted octanol–water partition coefficient (Wildman–Crippen LogP) is 1.63. The first kappa shape index (κ1) is 18.7. The topological polar surface area (TPSA) is 89.0 Å². The number of hydrogen-bond donors (Lipinski definition) is 2. The monoisotopic (exact) mass is 379 g/mol. The molecule has 26 heavy (non-hydrogen) atoms. The van der Waals surface area contributed by atoms with Crippen LogP contribution in [0.4, 0.5) is 0 Å². The van der Waals surface area contributed by atoms with E-state index in [1.165, 1.54) is 0 Å². The first-order valence-corrected chi connectivity index (χ1v) is 9.14. The lowest BCUT2D eigenvalue weighted by atomic mass is 10.0. The van der Waals surface area contributed by atoms with Crippen molar-refractivity contribution in [2.24, 2.45) is 5.16 Å². The minimum Gasteiger partial charge on any atom is -0.382 e. The molecule has 1 fully saturated rings. The second kappa shape index (κ2) is 9.00. The van der Waals surface area contributed by atoms with Crippen molar-refractivity contribution in [1.29, 1.82) is 0 Å². The average molecular weight is 380 g/mol. The van der Waals surface area contributed by atoms with Crippen molar-refractivity contribution < 1.29 is 19.2 Å². The number of rotatable bonds is 7. The fourth-order valence-electron chi connectivity index (χ4n) is 2.87. The summed E-state index contributed by atoms with van der Waals surface area (Å²) >= 11 is 5.86. The van der Waals surface area contributed by atoms with Crippen LogP contribution in [0.1, 0.15) is 31.2 Å². The highest BCUT2D eigenvalue weighted by Gasteiger charge is 2.28. The summed E-state index contributed by atoms with van der Waals surface area (Å²) in [4.78, 5) is 29.1. The predicted molar refractivity (Wildman–Crippen MR) is 97.1 cm³/mol. The van der Waals surface area contributed by atoms with Gasteiger partial charge >= 0.3 is 0 Å². The molecule has 3 rings (SSSR count). The molecule has 1 aromatic carbocycles. The number of benzene rings is 1. The summed E-state index contributed by atoms with van der Waals surface area (Å²) in [5.41, 5.74) is 1.58. The smallest absolute Gasteiger partial charge is 0.264 e. The van der Waals surface area contributed by atoms with Crippen molar-refractivity contribution in [2.75, 3.05) is 19.7 Å². The van der Waals surface area contributed by atoms with Crippen LogP contribution in [0.15, 0.2) is 29.4 Å². The first-order valence-electron chi connectivity index (χ1n) is 8.76. The quantitative estimate of drug-likeness (QED) is 0.753. The molecular formula is C18H22ClN3O4. The van der Waals surface area contributed by atoms with Gasteiger partial charge in [0, 0.05) is 37.6 Å². The van der Waals surface area contributed by atoms with Crippen molar-refractivity contribution in [1.82, 2.24) is 10.6 Å². The molecule has 2 aliphatic rings. The molecule has 2 aliphatic heterocycles. The van der Waals surface area contributed by atoms with E-state index in [9.17, 15) is 9.59 Å². The van der Waals surface area contributed by atoms with Gasteiger partial charge in [-0.3, -0.25) is 9.59 Å². The summed E-state index contributed by atoms with van der Waals surface area (Å²) in [5, 5.41) is 10.1. The van der Waals surface area contributed by atoms with Crippen molar-refractivity contribution in [2.45, 2.75) is 37.9 Å². The number of carbonyl (C=O) groups excluding carboxylic acids is 2. The molecule has 0 unspecified atom stereocenters. The Balaban J connectivity index is 1.34. The summed E-state index contributed by atoms with van der Waals surface area (Å²) in [6.45, 7) is 1.54. The van der Waals surface area contributed by atoms with Gasteiger partial charge in [0.05, 0.1) is 11.8 Å². The third kappa shape index (κ3) is 5.19. The maximum absolute atomic E-state index is 12.1. The van der Waals surface area contributed by atoms with Gasteiger partial charge in [-0.25, -0.2) is 0 Å². The number of ether oxygens (including phenoxy) is 1. The second-order valence-corrected chi connectivity index (χ2v) is 6.76. The molecule has 8 heteroatoms. The van der Waals surface area contributed by atoms with Gasteiger partial charge in [0.1, 0.15) is 0 Å². The van der Waals surface area contributed by atoms with E-state index in [4.69, 9.17) is 21.2 Å². The largest absolute Gasteiger partial charge is 0.382 e.